The smallest absolute Gasteiger partial charge is 0.274 e. The van der Waals surface area contributed by atoms with Crippen LogP contribution in [-0.2, 0) is 0 Å². The van der Waals surface area contributed by atoms with Gasteiger partial charge in [-0.05, 0) is 31.9 Å². The van der Waals surface area contributed by atoms with Crippen LogP contribution in [0, 0.1) is 12.3 Å². The molecule has 0 aliphatic heterocycles. The van der Waals surface area contributed by atoms with Crippen LogP contribution in [0.5, 0.6) is 0 Å². The van der Waals surface area contributed by atoms with Crippen molar-refractivity contribution in [1.82, 2.24) is 20.3 Å². The Bertz CT molecular complexity index is 761. The minimum absolute atomic E-state index is 0.0557. The molecule has 2 N–H and O–H groups in total. The van der Waals surface area contributed by atoms with Crippen LogP contribution in [0.4, 0.5) is 0 Å². The Morgan fingerprint density at radius 2 is 2.25 bits per heavy atom. The number of aliphatic hydroxyl groups is 1. The molecule has 1 aliphatic rings. The number of hydrogen-bond acceptors (Lipinski definition) is 4. The zero-order valence-corrected chi connectivity index (χ0v) is 14.5. The topological polar surface area (TPSA) is 80.0 Å². The number of halogens is 1. The highest BCUT2D eigenvalue weighted by molar-refractivity contribution is 6.32. The molecule has 0 saturated heterocycles. The molecular weight excluding hydrogens is 328 g/mol. The van der Waals surface area contributed by atoms with Crippen LogP contribution in [0.15, 0.2) is 24.3 Å². The summed E-state index contributed by atoms with van der Waals surface area (Å²) in [4.78, 5) is 12.6. The van der Waals surface area contributed by atoms with Crippen LogP contribution < -0.4 is 5.32 Å². The first kappa shape index (κ1) is 16.9. The number of para-hydroxylation sites is 1. The molecule has 0 spiro atoms. The molecule has 128 valence electrons. The summed E-state index contributed by atoms with van der Waals surface area (Å²) in [6.45, 7) is 3.85. The van der Waals surface area contributed by atoms with E-state index in [0.717, 1.165) is 19.3 Å². The summed E-state index contributed by atoms with van der Waals surface area (Å²) < 4.78 is 1.57. The summed E-state index contributed by atoms with van der Waals surface area (Å²) >= 11 is 6.20. The number of nitrogens with zero attached hydrogens (tertiary/aromatic N) is 3. The third-order valence-corrected chi connectivity index (χ3v) is 5.26. The Hall–Kier alpha value is -1.92. The minimum atomic E-state index is -0.275. The summed E-state index contributed by atoms with van der Waals surface area (Å²) in [5.41, 5.74) is 1.32. The minimum Gasteiger partial charge on any atom is -0.396 e. The quantitative estimate of drug-likeness (QED) is 0.889. The Morgan fingerprint density at radius 3 is 2.96 bits per heavy atom. The lowest BCUT2D eigenvalue weighted by atomic mass is 9.86. The van der Waals surface area contributed by atoms with Gasteiger partial charge in [-0.2, -0.15) is 0 Å². The third-order valence-electron chi connectivity index (χ3n) is 4.94. The maximum atomic E-state index is 12.6. The van der Waals surface area contributed by atoms with Gasteiger partial charge in [-0.3, -0.25) is 4.79 Å². The zero-order chi connectivity index (χ0) is 17.3. The number of aromatic nitrogens is 3. The third kappa shape index (κ3) is 2.91. The van der Waals surface area contributed by atoms with Gasteiger partial charge in [0.05, 0.1) is 23.0 Å². The fourth-order valence-corrected chi connectivity index (χ4v) is 3.50. The van der Waals surface area contributed by atoms with Crippen LogP contribution in [0.1, 0.15) is 42.4 Å². The van der Waals surface area contributed by atoms with Gasteiger partial charge in [-0.15, -0.1) is 5.10 Å². The van der Waals surface area contributed by atoms with Gasteiger partial charge in [0.2, 0.25) is 0 Å². The largest absolute Gasteiger partial charge is 0.396 e. The molecule has 2 atom stereocenters. The number of aliphatic hydroxyl groups excluding tert-OH is 1. The van der Waals surface area contributed by atoms with E-state index in [-0.39, 0.29) is 29.7 Å². The van der Waals surface area contributed by atoms with Gasteiger partial charge in [0, 0.05) is 11.5 Å². The van der Waals surface area contributed by atoms with E-state index in [0.29, 0.717) is 16.4 Å². The van der Waals surface area contributed by atoms with Crippen LogP contribution in [-0.4, -0.2) is 38.7 Å². The van der Waals surface area contributed by atoms with Gasteiger partial charge >= 0.3 is 0 Å². The van der Waals surface area contributed by atoms with Crippen molar-refractivity contribution in [2.24, 2.45) is 5.41 Å². The summed E-state index contributed by atoms with van der Waals surface area (Å²) in [5.74, 6) is -0.266. The molecule has 1 fully saturated rings. The molecule has 1 aromatic heterocycles. The van der Waals surface area contributed by atoms with Gasteiger partial charge < -0.3 is 10.4 Å². The lowest BCUT2D eigenvalue weighted by Crippen LogP contribution is -2.45. The van der Waals surface area contributed by atoms with Crippen molar-refractivity contribution in [2.75, 3.05) is 6.61 Å². The first-order chi connectivity index (χ1) is 11.5. The van der Waals surface area contributed by atoms with Crippen molar-refractivity contribution in [3.8, 4) is 5.69 Å². The number of benzene rings is 1. The predicted molar refractivity (Wildman–Crippen MR) is 91.4 cm³/mol. The van der Waals surface area contributed by atoms with Crippen molar-refractivity contribution >= 4 is 17.5 Å². The molecule has 3 rings (SSSR count). The summed E-state index contributed by atoms with van der Waals surface area (Å²) in [6.07, 6.45) is 2.76. The molecule has 0 radical (unpaired) electrons. The van der Waals surface area contributed by atoms with E-state index in [4.69, 9.17) is 11.6 Å². The molecule has 7 heteroatoms. The fourth-order valence-electron chi connectivity index (χ4n) is 3.29. The van der Waals surface area contributed by atoms with Crippen LogP contribution in [0.2, 0.25) is 5.02 Å². The van der Waals surface area contributed by atoms with E-state index in [2.05, 4.69) is 15.6 Å². The van der Waals surface area contributed by atoms with E-state index < -0.39 is 0 Å². The van der Waals surface area contributed by atoms with Gasteiger partial charge in [0.25, 0.3) is 5.91 Å². The Kier molecular flexibility index (Phi) is 4.60. The maximum absolute atomic E-state index is 12.6. The number of carbonyl (C=O) groups is 1. The number of nitrogens with one attached hydrogen (secondary N) is 1. The lowest BCUT2D eigenvalue weighted by Gasteiger charge is -2.29. The predicted octanol–water partition coefficient (Wildman–Crippen LogP) is 2.51. The summed E-state index contributed by atoms with van der Waals surface area (Å²) in [5, 5.41) is 21.3. The van der Waals surface area contributed by atoms with Crippen LogP contribution >= 0.6 is 11.6 Å². The van der Waals surface area contributed by atoms with Gasteiger partial charge in [-0.25, -0.2) is 4.68 Å². The highest BCUT2D eigenvalue weighted by Gasteiger charge is 2.39. The highest BCUT2D eigenvalue weighted by Crippen LogP contribution is 2.37. The molecule has 1 heterocycles. The second-order valence-corrected chi connectivity index (χ2v) is 7.02. The monoisotopic (exact) mass is 348 g/mol. The molecular formula is C17H21ClN4O2. The number of hydrogen-bond donors (Lipinski definition) is 2. The second-order valence-electron chi connectivity index (χ2n) is 6.62. The molecule has 1 amide bonds. The molecule has 1 aromatic carbocycles. The molecule has 6 nitrogen and oxygen atoms in total. The second kappa shape index (κ2) is 6.53. The molecule has 0 bridgehead atoms. The van der Waals surface area contributed by atoms with Gasteiger partial charge in [0.15, 0.2) is 5.69 Å². The van der Waals surface area contributed by atoms with Crippen molar-refractivity contribution in [3.05, 3.63) is 40.7 Å². The first-order valence-electron chi connectivity index (χ1n) is 8.05. The number of amides is 1. The Balaban J connectivity index is 1.84. The van der Waals surface area contributed by atoms with Crippen molar-refractivity contribution in [3.63, 3.8) is 0 Å². The normalized spacial score (nSPS) is 23.4. The lowest BCUT2D eigenvalue weighted by molar-refractivity contribution is 0.0825. The van der Waals surface area contributed by atoms with E-state index in [9.17, 15) is 9.90 Å². The van der Waals surface area contributed by atoms with Crippen LogP contribution in [0.3, 0.4) is 0 Å². The van der Waals surface area contributed by atoms with Gasteiger partial charge in [-0.1, -0.05) is 42.3 Å². The highest BCUT2D eigenvalue weighted by atomic mass is 35.5. The summed E-state index contributed by atoms with van der Waals surface area (Å²) in [7, 11) is 0. The molecule has 1 saturated carbocycles. The molecule has 2 unspecified atom stereocenters. The number of carbonyl (C=O) groups excluding carboxylic acids is 1. The van der Waals surface area contributed by atoms with E-state index in [1.165, 1.54) is 0 Å². The summed E-state index contributed by atoms with van der Waals surface area (Å²) in [6, 6.07) is 7.23. The average molecular weight is 349 g/mol. The van der Waals surface area contributed by atoms with Gasteiger partial charge in [0.1, 0.15) is 0 Å². The zero-order valence-electron chi connectivity index (χ0n) is 13.8. The SMILES string of the molecule is Cc1c(C(=O)NC2CCCC2(C)CO)nnn1-c1ccccc1Cl. The Morgan fingerprint density at radius 1 is 1.50 bits per heavy atom. The van der Waals surface area contributed by atoms with Crippen molar-refractivity contribution in [2.45, 2.75) is 39.2 Å². The first-order valence-corrected chi connectivity index (χ1v) is 8.43. The van der Waals surface area contributed by atoms with E-state index in [1.54, 1.807) is 17.7 Å². The maximum Gasteiger partial charge on any atom is 0.274 e. The average Bonchev–Trinajstić information content (AvgIpc) is 3.12. The molecule has 1 aliphatic carbocycles. The molecule has 24 heavy (non-hydrogen) atoms. The standard InChI is InChI=1S/C17H21ClN4O2/c1-11-15(16(24)19-14-8-5-9-17(14,2)10-23)20-21-22(11)13-7-4-3-6-12(13)18/h3-4,6-7,14,23H,5,8-10H2,1-2H3,(H,19,24). The van der Waals surface area contributed by atoms with E-state index >= 15 is 0 Å². The fraction of sp³-hybridized carbons (Fsp3) is 0.471. The van der Waals surface area contributed by atoms with Crippen molar-refractivity contribution in [1.29, 1.82) is 0 Å². The number of rotatable bonds is 4. The van der Waals surface area contributed by atoms with Crippen molar-refractivity contribution < 1.29 is 9.90 Å². The van der Waals surface area contributed by atoms with Crippen LogP contribution in [0.25, 0.3) is 5.69 Å². The Labute approximate surface area is 145 Å². The molecule has 2 aromatic rings. The van der Waals surface area contributed by atoms with E-state index in [1.807, 2.05) is 25.1 Å².